The van der Waals surface area contributed by atoms with Crippen LogP contribution < -0.4 is 9.77 Å². The van der Waals surface area contributed by atoms with Crippen molar-refractivity contribution in [3.05, 3.63) is 84.6 Å². The summed E-state index contributed by atoms with van der Waals surface area (Å²) < 4.78 is 20.0. The highest BCUT2D eigenvalue weighted by Gasteiger charge is 2.56. The normalized spacial score (nSPS) is 20.5. The number of non-ortho nitro benzene ring substituents is 1. The van der Waals surface area contributed by atoms with E-state index in [1.807, 2.05) is 0 Å². The second-order valence-corrected chi connectivity index (χ2v) is 10.4. The number of aromatic nitrogens is 1. The molecule has 0 bridgehead atoms. The molecular formula is C24H18FN3O7S2. The van der Waals surface area contributed by atoms with Crippen molar-refractivity contribution >= 4 is 52.3 Å². The van der Waals surface area contributed by atoms with Crippen LogP contribution in [-0.4, -0.2) is 39.1 Å². The third kappa shape index (κ3) is 4.23. The van der Waals surface area contributed by atoms with E-state index in [1.54, 1.807) is 6.92 Å². The molecule has 3 atom stereocenters. The van der Waals surface area contributed by atoms with Gasteiger partial charge in [0, 0.05) is 22.9 Å². The van der Waals surface area contributed by atoms with Gasteiger partial charge in [-0.1, -0.05) is 35.2 Å². The maximum atomic E-state index is 13.7. The summed E-state index contributed by atoms with van der Waals surface area (Å²) in [5.41, 5.74) is 0.527. The molecule has 2 aliphatic heterocycles. The summed E-state index contributed by atoms with van der Waals surface area (Å²) >= 11 is 1.89. The number of fused-ring (bicyclic) bond motifs is 2. The van der Waals surface area contributed by atoms with E-state index in [1.165, 1.54) is 53.1 Å². The van der Waals surface area contributed by atoms with Gasteiger partial charge in [-0.15, -0.1) is 0 Å². The third-order valence-electron chi connectivity index (χ3n) is 6.19. The monoisotopic (exact) mass is 543 g/mol. The lowest BCUT2D eigenvalue weighted by molar-refractivity contribution is -0.384. The van der Waals surface area contributed by atoms with Crippen LogP contribution in [0.1, 0.15) is 23.3 Å². The summed E-state index contributed by atoms with van der Waals surface area (Å²) in [6.45, 7) is 1.42. The van der Waals surface area contributed by atoms with Gasteiger partial charge in [0.25, 0.3) is 5.69 Å². The van der Waals surface area contributed by atoms with Gasteiger partial charge in [-0.3, -0.25) is 33.9 Å². The number of imide groups is 1. The van der Waals surface area contributed by atoms with Gasteiger partial charge in [-0.2, -0.15) is 0 Å². The molecule has 1 fully saturated rings. The zero-order chi connectivity index (χ0) is 26.4. The highest BCUT2D eigenvalue weighted by molar-refractivity contribution is 8.00. The molecule has 1 aromatic heterocycles. The first-order valence-corrected chi connectivity index (χ1v) is 12.8. The molecule has 0 N–H and O–H groups in total. The first-order valence-electron chi connectivity index (χ1n) is 11.1. The number of rotatable bonds is 6. The second-order valence-electron chi connectivity index (χ2n) is 8.31. The second kappa shape index (κ2) is 9.56. The highest BCUT2D eigenvalue weighted by atomic mass is 32.2. The Morgan fingerprint density at radius 1 is 1.08 bits per heavy atom. The Morgan fingerprint density at radius 3 is 2.38 bits per heavy atom. The van der Waals surface area contributed by atoms with Crippen LogP contribution in [0.4, 0.5) is 15.8 Å². The van der Waals surface area contributed by atoms with Gasteiger partial charge < -0.3 is 4.74 Å². The minimum Gasteiger partial charge on any atom is -0.465 e. The topological polar surface area (TPSA) is 129 Å². The summed E-state index contributed by atoms with van der Waals surface area (Å²) in [7, 11) is 0. The first-order chi connectivity index (χ1) is 17.7. The summed E-state index contributed by atoms with van der Waals surface area (Å²) in [5, 5.41) is 10.5. The van der Waals surface area contributed by atoms with Gasteiger partial charge in [0.15, 0.2) is 0 Å². The number of esters is 1. The predicted molar refractivity (Wildman–Crippen MR) is 132 cm³/mol. The summed E-state index contributed by atoms with van der Waals surface area (Å²) in [4.78, 5) is 63.9. The van der Waals surface area contributed by atoms with Crippen LogP contribution in [0.25, 0.3) is 0 Å². The molecule has 5 rings (SSSR count). The molecule has 1 saturated heterocycles. The average Bonchev–Trinajstić information content (AvgIpc) is 3.31. The number of carbonyl (C=O) groups excluding carboxylic acids is 3. The number of thioether (sulfide) groups is 1. The number of halogens is 1. The third-order valence-corrected chi connectivity index (χ3v) is 8.79. The van der Waals surface area contributed by atoms with Crippen molar-refractivity contribution in [1.82, 2.24) is 4.57 Å². The lowest BCUT2D eigenvalue weighted by Gasteiger charge is -2.30. The van der Waals surface area contributed by atoms with Crippen molar-refractivity contribution in [1.29, 1.82) is 0 Å². The zero-order valence-corrected chi connectivity index (χ0v) is 20.8. The first kappa shape index (κ1) is 24.8. The van der Waals surface area contributed by atoms with E-state index in [0.717, 1.165) is 28.0 Å². The van der Waals surface area contributed by atoms with Gasteiger partial charge in [-0.05, 0) is 36.8 Å². The standard InChI is InChI=1S/C24H18FN3O7S2/c1-2-35-16(29)11-26-23-20(37-24(26)32)17(12-3-5-13(25)6-4-12)18-19(36-23)22(31)27(21(18)30)14-7-9-15(10-8-14)28(33)34/h3-10,17-19H,2,11H2,1H3/t17-,18-,19+/m0/s1. The van der Waals surface area contributed by atoms with E-state index in [2.05, 4.69) is 0 Å². The smallest absolute Gasteiger partial charge is 0.326 e. The number of ether oxygens (including phenoxy) is 1. The van der Waals surface area contributed by atoms with E-state index in [-0.39, 0.29) is 24.5 Å². The van der Waals surface area contributed by atoms with Gasteiger partial charge in [0.2, 0.25) is 11.8 Å². The van der Waals surface area contributed by atoms with Crippen molar-refractivity contribution in [2.75, 3.05) is 11.5 Å². The molecule has 2 amide bonds. The van der Waals surface area contributed by atoms with Gasteiger partial charge in [0.1, 0.15) is 17.6 Å². The Hall–Kier alpha value is -3.84. The van der Waals surface area contributed by atoms with Crippen molar-refractivity contribution in [2.24, 2.45) is 5.92 Å². The Kier molecular flexibility index (Phi) is 6.42. The summed E-state index contributed by atoms with van der Waals surface area (Å²) in [5.74, 6) is -3.85. The molecule has 0 spiro atoms. The zero-order valence-electron chi connectivity index (χ0n) is 19.2. The van der Waals surface area contributed by atoms with Crippen LogP contribution in [0.3, 0.4) is 0 Å². The Balaban J connectivity index is 1.61. The fourth-order valence-electron chi connectivity index (χ4n) is 4.60. The fraction of sp³-hybridized carbons (Fsp3) is 0.250. The van der Waals surface area contributed by atoms with Crippen LogP contribution in [0, 0.1) is 21.8 Å². The number of anilines is 1. The summed E-state index contributed by atoms with van der Waals surface area (Å²) in [6.07, 6.45) is 0. The predicted octanol–water partition coefficient (Wildman–Crippen LogP) is 3.32. The quantitative estimate of drug-likeness (QED) is 0.200. The van der Waals surface area contributed by atoms with Crippen LogP contribution in [0.5, 0.6) is 0 Å². The number of nitro groups is 1. The van der Waals surface area contributed by atoms with Crippen molar-refractivity contribution in [3.8, 4) is 0 Å². The average molecular weight is 544 g/mol. The number of thiazole rings is 1. The van der Waals surface area contributed by atoms with Gasteiger partial charge >= 0.3 is 10.8 Å². The lowest BCUT2D eigenvalue weighted by Crippen LogP contribution is -2.32. The number of carbonyl (C=O) groups is 3. The molecule has 190 valence electrons. The number of nitrogens with zero attached hydrogens (tertiary/aromatic N) is 3. The van der Waals surface area contributed by atoms with E-state index in [0.29, 0.717) is 15.5 Å². The number of amides is 2. The van der Waals surface area contributed by atoms with Crippen LogP contribution >= 0.6 is 23.1 Å². The molecule has 3 aromatic rings. The van der Waals surface area contributed by atoms with Crippen molar-refractivity contribution in [2.45, 2.75) is 29.7 Å². The van der Waals surface area contributed by atoms with Crippen LogP contribution in [0.15, 0.2) is 58.4 Å². The molecule has 10 nitrogen and oxygen atoms in total. The molecule has 0 saturated carbocycles. The van der Waals surface area contributed by atoms with E-state index in [4.69, 9.17) is 4.74 Å². The molecular weight excluding hydrogens is 525 g/mol. The molecule has 37 heavy (non-hydrogen) atoms. The van der Waals surface area contributed by atoms with Crippen LogP contribution in [-0.2, 0) is 25.7 Å². The Morgan fingerprint density at radius 2 is 1.76 bits per heavy atom. The fourth-order valence-corrected chi connectivity index (χ4v) is 7.37. The largest absolute Gasteiger partial charge is 0.465 e. The molecule has 3 heterocycles. The van der Waals surface area contributed by atoms with Crippen molar-refractivity contribution in [3.63, 3.8) is 0 Å². The molecule has 0 radical (unpaired) electrons. The van der Waals surface area contributed by atoms with E-state index < -0.39 is 50.5 Å². The number of hydrogen-bond acceptors (Lipinski definition) is 9. The van der Waals surface area contributed by atoms with Crippen molar-refractivity contribution < 1.29 is 28.4 Å². The number of hydrogen-bond donors (Lipinski definition) is 0. The maximum Gasteiger partial charge on any atom is 0.326 e. The van der Waals surface area contributed by atoms with E-state index in [9.17, 15) is 33.7 Å². The minimum atomic E-state index is -0.937. The lowest BCUT2D eigenvalue weighted by atomic mass is 9.83. The van der Waals surface area contributed by atoms with Gasteiger partial charge in [0.05, 0.1) is 28.2 Å². The maximum absolute atomic E-state index is 13.7. The SMILES string of the molecule is CCOC(=O)Cn1c2c(sc1=O)[C@@H](c1ccc(F)cc1)[C@@H]1C(=O)N(c3ccc([N+](=O)[O-])cc3)C(=O)[C@@H]1S2. The highest BCUT2D eigenvalue weighted by Crippen LogP contribution is 2.53. The molecule has 0 unspecified atom stereocenters. The molecule has 0 aliphatic carbocycles. The van der Waals surface area contributed by atoms with Gasteiger partial charge in [-0.25, -0.2) is 9.29 Å². The molecule has 2 aliphatic rings. The van der Waals surface area contributed by atoms with Crippen LogP contribution in [0.2, 0.25) is 0 Å². The Labute approximate surface area is 216 Å². The minimum absolute atomic E-state index is 0.132. The summed E-state index contributed by atoms with van der Waals surface area (Å²) in [6, 6.07) is 10.5. The molecule has 13 heteroatoms. The number of nitro benzene ring substituents is 1. The molecule has 2 aromatic carbocycles. The van der Waals surface area contributed by atoms with E-state index >= 15 is 0 Å². The Bertz CT molecular complexity index is 1480. The number of benzene rings is 2.